The Labute approximate surface area is 184 Å². The molecule has 1 aliphatic carbocycles. The number of hydrogen-bond acceptors (Lipinski definition) is 4. The van der Waals surface area contributed by atoms with E-state index in [9.17, 15) is 14.0 Å². The molecule has 0 aliphatic heterocycles. The molecule has 2 amide bonds. The topological polar surface area (TPSA) is 71.1 Å². The summed E-state index contributed by atoms with van der Waals surface area (Å²) in [7, 11) is 0. The lowest BCUT2D eigenvalue weighted by atomic mass is 9.79. The van der Waals surface area contributed by atoms with Gasteiger partial charge in [0.2, 0.25) is 5.91 Å². The molecule has 0 unspecified atom stereocenters. The van der Waals surface area contributed by atoms with Gasteiger partial charge in [0, 0.05) is 17.3 Å². The summed E-state index contributed by atoms with van der Waals surface area (Å²) in [6.07, 6.45) is 4.61. The van der Waals surface area contributed by atoms with Crippen LogP contribution in [0.1, 0.15) is 47.3 Å². The van der Waals surface area contributed by atoms with E-state index in [4.69, 9.17) is 0 Å². The second kappa shape index (κ2) is 9.39. The van der Waals surface area contributed by atoms with Crippen molar-refractivity contribution < 1.29 is 14.0 Å². The van der Waals surface area contributed by atoms with E-state index in [0.29, 0.717) is 17.4 Å². The van der Waals surface area contributed by atoms with Gasteiger partial charge in [-0.2, -0.15) is 0 Å². The fraction of sp³-hybridized carbons (Fsp3) is 0.292. The van der Waals surface area contributed by atoms with Crippen molar-refractivity contribution in [1.82, 2.24) is 10.3 Å². The van der Waals surface area contributed by atoms with E-state index in [0.717, 1.165) is 12.8 Å². The highest BCUT2D eigenvalue weighted by Gasteiger charge is 2.35. The molecule has 7 heteroatoms. The number of anilines is 1. The number of hydrogen-bond donors (Lipinski definition) is 2. The first-order valence-corrected chi connectivity index (χ1v) is 11.3. The average Bonchev–Trinajstić information content (AvgIpc) is 3.43. The van der Waals surface area contributed by atoms with Gasteiger partial charge in [-0.05, 0) is 30.5 Å². The van der Waals surface area contributed by atoms with Crippen LogP contribution < -0.4 is 10.6 Å². The number of nitrogens with one attached hydrogen (secondary N) is 2. The third kappa shape index (κ3) is 4.99. The van der Waals surface area contributed by atoms with Gasteiger partial charge in [-0.3, -0.25) is 14.9 Å². The van der Waals surface area contributed by atoms with E-state index < -0.39 is 11.7 Å². The van der Waals surface area contributed by atoms with Crippen LogP contribution in [0.25, 0.3) is 0 Å². The summed E-state index contributed by atoms with van der Waals surface area (Å²) in [4.78, 5) is 29.1. The molecule has 1 fully saturated rings. The molecule has 0 spiro atoms. The molecule has 1 aliphatic rings. The highest BCUT2D eigenvalue weighted by atomic mass is 32.1. The predicted octanol–water partition coefficient (Wildman–Crippen LogP) is 4.71. The monoisotopic (exact) mass is 437 g/mol. The molecular weight excluding hydrogens is 413 g/mol. The minimum atomic E-state index is -0.588. The summed E-state index contributed by atoms with van der Waals surface area (Å²) in [5, 5.41) is 7.75. The van der Waals surface area contributed by atoms with Crippen molar-refractivity contribution in [2.24, 2.45) is 0 Å². The molecule has 1 saturated carbocycles. The lowest BCUT2D eigenvalue weighted by Gasteiger charge is -2.30. The zero-order valence-corrected chi connectivity index (χ0v) is 17.9. The number of aromatic nitrogens is 1. The summed E-state index contributed by atoms with van der Waals surface area (Å²) in [5.74, 6) is -1.25. The van der Waals surface area contributed by atoms with E-state index in [1.807, 2.05) is 18.2 Å². The molecule has 31 heavy (non-hydrogen) atoms. The van der Waals surface area contributed by atoms with Crippen LogP contribution in [0.3, 0.4) is 0 Å². The van der Waals surface area contributed by atoms with Gasteiger partial charge in [-0.25, -0.2) is 9.37 Å². The fourth-order valence-corrected chi connectivity index (χ4v) is 4.87. The first-order valence-electron chi connectivity index (χ1n) is 10.4. The van der Waals surface area contributed by atoms with Crippen LogP contribution >= 0.6 is 11.3 Å². The minimum absolute atomic E-state index is 0.00210. The van der Waals surface area contributed by atoms with Gasteiger partial charge in [0.15, 0.2) is 5.13 Å². The molecule has 0 atom stereocenters. The number of carbonyl (C=O) groups is 2. The van der Waals surface area contributed by atoms with E-state index in [1.165, 1.54) is 47.9 Å². The van der Waals surface area contributed by atoms with Crippen molar-refractivity contribution in [1.29, 1.82) is 0 Å². The summed E-state index contributed by atoms with van der Waals surface area (Å²) < 4.78 is 13.8. The van der Waals surface area contributed by atoms with Gasteiger partial charge in [0.05, 0.1) is 17.7 Å². The molecule has 3 aromatic rings. The predicted molar refractivity (Wildman–Crippen MR) is 120 cm³/mol. The Balaban J connectivity index is 1.34. The molecule has 0 radical (unpaired) electrons. The summed E-state index contributed by atoms with van der Waals surface area (Å²) in [6, 6.07) is 16.2. The number of thiazole rings is 1. The van der Waals surface area contributed by atoms with Crippen LogP contribution in [0.2, 0.25) is 0 Å². The van der Waals surface area contributed by atoms with Crippen molar-refractivity contribution in [3.63, 3.8) is 0 Å². The molecule has 1 heterocycles. The molecule has 5 nitrogen and oxygen atoms in total. The highest BCUT2D eigenvalue weighted by Crippen LogP contribution is 2.40. The molecule has 4 rings (SSSR count). The molecule has 2 aromatic carbocycles. The van der Waals surface area contributed by atoms with Gasteiger partial charge in [0.25, 0.3) is 5.91 Å². The first kappa shape index (κ1) is 21.2. The average molecular weight is 438 g/mol. The van der Waals surface area contributed by atoms with Crippen molar-refractivity contribution in [2.45, 2.75) is 37.5 Å². The standard InChI is InChI=1S/C24H24FN3O2S/c25-20-11-5-4-10-19(20)22(30)28-23-27-18(15-31-23)14-21(29)26-16-24(12-6-7-13-24)17-8-2-1-3-9-17/h1-5,8-11,15H,6-7,12-14,16H2,(H,26,29)(H,27,28,30). The van der Waals surface area contributed by atoms with Gasteiger partial charge in [-0.1, -0.05) is 55.3 Å². The number of rotatable bonds is 7. The maximum atomic E-state index is 13.8. The van der Waals surface area contributed by atoms with Crippen LogP contribution in [0.15, 0.2) is 60.0 Å². The zero-order valence-electron chi connectivity index (χ0n) is 17.1. The lowest BCUT2D eigenvalue weighted by molar-refractivity contribution is -0.120. The van der Waals surface area contributed by atoms with Crippen molar-refractivity contribution >= 4 is 28.3 Å². The van der Waals surface area contributed by atoms with E-state index in [1.54, 1.807) is 11.4 Å². The Morgan fingerprint density at radius 3 is 2.48 bits per heavy atom. The molecule has 1 aromatic heterocycles. The van der Waals surface area contributed by atoms with Gasteiger partial charge in [0.1, 0.15) is 5.82 Å². The third-order valence-corrected chi connectivity index (χ3v) is 6.61. The Hall–Kier alpha value is -3.06. The van der Waals surface area contributed by atoms with Crippen molar-refractivity contribution in [3.05, 3.63) is 82.6 Å². The van der Waals surface area contributed by atoms with E-state index >= 15 is 0 Å². The second-order valence-corrected chi connectivity index (χ2v) is 8.74. The number of carbonyl (C=O) groups excluding carboxylic acids is 2. The largest absolute Gasteiger partial charge is 0.355 e. The number of amides is 2. The maximum Gasteiger partial charge on any atom is 0.260 e. The quantitative estimate of drug-likeness (QED) is 0.563. The Morgan fingerprint density at radius 1 is 1.03 bits per heavy atom. The van der Waals surface area contributed by atoms with E-state index in [-0.39, 0.29) is 23.3 Å². The number of halogens is 1. The van der Waals surface area contributed by atoms with Crippen LogP contribution in [0.5, 0.6) is 0 Å². The molecule has 0 bridgehead atoms. The molecular formula is C24H24FN3O2S. The van der Waals surface area contributed by atoms with Gasteiger partial charge in [-0.15, -0.1) is 11.3 Å². The van der Waals surface area contributed by atoms with Crippen LogP contribution in [0, 0.1) is 5.82 Å². The normalized spacial score (nSPS) is 14.9. The van der Waals surface area contributed by atoms with Gasteiger partial charge < -0.3 is 5.32 Å². The summed E-state index contributed by atoms with van der Waals surface area (Å²) in [6.45, 7) is 0.608. The Bertz CT molecular complexity index is 1060. The molecule has 2 N–H and O–H groups in total. The number of benzene rings is 2. The first-order chi connectivity index (χ1) is 15.1. The van der Waals surface area contributed by atoms with Crippen molar-refractivity contribution in [3.8, 4) is 0 Å². The Kier molecular flexibility index (Phi) is 6.42. The zero-order chi connectivity index (χ0) is 21.7. The highest BCUT2D eigenvalue weighted by molar-refractivity contribution is 7.14. The van der Waals surface area contributed by atoms with Crippen LogP contribution in [-0.4, -0.2) is 23.3 Å². The minimum Gasteiger partial charge on any atom is -0.355 e. The fourth-order valence-electron chi connectivity index (χ4n) is 4.16. The maximum absolute atomic E-state index is 13.8. The number of nitrogens with zero attached hydrogens (tertiary/aromatic N) is 1. The Morgan fingerprint density at radius 2 is 1.74 bits per heavy atom. The lowest BCUT2D eigenvalue weighted by Crippen LogP contribution is -2.39. The summed E-state index contributed by atoms with van der Waals surface area (Å²) >= 11 is 1.21. The van der Waals surface area contributed by atoms with Crippen LogP contribution in [-0.2, 0) is 16.6 Å². The molecule has 0 saturated heterocycles. The SMILES string of the molecule is O=C(Cc1csc(NC(=O)c2ccccc2F)n1)NCC1(c2ccccc2)CCCC1. The van der Waals surface area contributed by atoms with Gasteiger partial charge >= 0.3 is 0 Å². The second-order valence-electron chi connectivity index (χ2n) is 7.88. The summed E-state index contributed by atoms with van der Waals surface area (Å²) in [5.41, 5.74) is 1.81. The smallest absolute Gasteiger partial charge is 0.260 e. The van der Waals surface area contributed by atoms with E-state index in [2.05, 4.69) is 27.8 Å². The van der Waals surface area contributed by atoms with Crippen molar-refractivity contribution in [2.75, 3.05) is 11.9 Å². The molecule has 160 valence electrons. The third-order valence-electron chi connectivity index (χ3n) is 5.80. The van der Waals surface area contributed by atoms with Crippen LogP contribution in [0.4, 0.5) is 9.52 Å².